The van der Waals surface area contributed by atoms with Crippen LogP contribution in [0.25, 0.3) is 44.2 Å². The molecule has 9 aromatic rings. The Bertz CT molecular complexity index is 2560. The summed E-state index contributed by atoms with van der Waals surface area (Å²) < 4.78 is 10.7. The van der Waals surface area contributed by atoms with E-state index in [1.807, 2.05) is 0 Å². The Hall–Kier alpha value is -6.17. The van der Waals surface area contributed by atoms with Crippen molar-refractivity contribution >= 4 is 61.7 Å². The normalized spacial score (nSPS) is 12.6. The van der Waals surface area contributed by atoms with Gasteiger partial charge in [0, 0.05) is 22.0 Å². The van der Waals surface area contributed by atoms with Crippen molar-refractivity contribution in [2.24, 2.45) is 0 Å². The molecule has 7 aromatic carbocycles. The molecule has 0 bridgehead atoms. The zero-order valence-electron chi connectivity index (χ0n) is 26.7. The molecule has 2 aromatic heterocycles. The second-order valence-electron chi connectivity index (χ2n) is 12.8. The molecule has 1 aliphatic rings. The topological polar surface area (TPSA) is 32.0 Å². The van der Waals surface area contributed by atoms with E-state index in [0.717, 1.165) is 28.0 Å². The third-order valence-electron chi connectivity index (χ3n) is 10.2. The second kappa shape index (κ2) is 10.9. The maximum Gasteiger partial charge on any atom is 0.302 e. The van der Waals surface area contributed by atoms with Crippen molar-refractivity contribution in [2.75, 3.05) is 0 Å². The van der Waals surface area contributed by atoms with Crippen molar-refractivity contribution in [3.63, 3.8) is 0 Å². The van der Waals surface area contributed by atoms with Crippen molar-refractivity contribution in [2.45, 2.75) is 6.61 Å². The van der Waals surface area contributed by atoms with Gasteiger partial charge in [0.2, 0.25) is 0 Å². The SMILES string of the molecule is c1ccc([Si](c2ccccc2)(c2ccccc2)c2ccc3c(c2)c2ccccc2n3-c2ccc3nc4n(c3c2)-c2ccccc2CO4)cc1. The summed E-state index contributed by atoms with van der Waals surface area (Å²) in [6, 6.07) is 65.0. The lowest BCUT2D eigenvalue weighted by molar-refractivity contribution is 0.265. The average Bonchev–Trinajstić information content (AvgIpc) is 3.72. The molecule has 0 saturated carbocycles. The molecule has 0 saturated heterocycles. The number of para-hydroxylation sites is 2. The van der Waals surface area contributed by atoms with Crippen molar-refractivity contribution in [3.8, 4) is 17.4 Å². The number of ether oxygens (including phenoxy) is 1. The van der Waals surface area contributed by atoms with Crippen LogP contribution in [-0.2, 0) is 6.61 Å². The van der Waals surface area contributed by atoms with Crippen molar-refractivity contribution in [3.05, 3.63) is 181 Å². The fraction of sp³-hybridized carbons (Fsp3) is 0.0227. The summed E-state index contributed by atoms with van der Waals surface area (Å²) in [7, 11) is -2.69. The molecule has 3 heterocycles. The predicted octanol–water partition coefficient (Wildman–Crippen LogP) is 7.39. The van der Waals surface area contributed by atoms with E-state index in [1.165, 1.54) is 42.6 Å². The first kappa shape index (κ1) is 27.9. The first-order valence-corrected chi connectivity index (χ1v) is 18.7. The Labute approximate surface area is 285 Å². The van der Waals surface area contributed by atoms with Crippen LogP contribution in [0.2, 0.25) is 0 Å². The first-order chi connectivity index (χ1) is 24.3. The molecule has 0 radical (unpaired) electrons. The highest BCUT2D eigenvalue weighted by molar-refractivity contribution is 7.20. The summed E-state index contributed by atoms with van der Waals surface area (Å²) in [6.45, 7) is 0.529. The van der Waals surface area contributed by atoms with Crippen LogP contribution in [0.4, 0.5) is 0 Å². The minimum Gasteiger partial charge on any atom is -0.459 e. The fourth-order valence-corrected chi connectivity index (χ4v) is 12.8. The summed E-state index contributed by atoms with van der Waals surface area (Å²) in [5, 5.41) is 7.95. The van der Waals surface area contributed by atoms with Gasteiger partial charge in [-0.15, -0.1) is 0 Å². The van der Waals surface area contributed by atoms with E-state index >= 15 is 0 Å². The van der Waals surface area contributed by atoms with E-state index < -0.39 is 8.07 Å². The summed E-state index contributed by atoms with van der Waals surface area (Å²) in [4.78, 5) is 4.86. The molecular weight excluding hydrogens is 615 g/mol. The lowest BCUT2D eigenvalue weighted by Gasteiger charge is -2.34. The highest BCUT2D eigenvalue weighted by Crippen LogP contribution is 2.36. The fourth-order valence-electron chi connectivity index (χ4n) is 8.05. The minimum atomic E-state index is -2.69. The molecule has 5 heteroatoms. The number of nitrogens with zero attached hydrogens (tertiary/aromatic N) is 3. The van der Waals surface area contributed by atoms with E-state index in [-0.39, 0.29) is 0 Å². The van der Waals surface area contributed by atoms with Crippen LogP contribution in [-0.4, -0.2) is 22.2 Å². The van der Waals surface area contributed by atoms with Crippen molar-refractivity contribution < 1.29 is 4.74 Å². The van der Waals surface area contributed by atoms with Gasteiger partial charge in [0.05, 0.1) is 27.8 Å². The Balaban J connectivity index is 1.25. The Morgan fingerprint density at radius 3 is 1.80 bits per heavy atom. The van der Waals surface area contributed by atoms with Crippen LogP contribution in [0, 0.1) is 0 Å². The van der Waals surface area contributed by atoms with Crippen LogP contribution in [0.3, 0.4) is 0 Å². The number of imidazole rings is 1. The van der Waals surface area contributed by atoms with E-state index in [4.69, 9.17) is 9.72 Å². The van der Waals surface area contributed by atoms with Gasteiger partial charge in [0.15, 0.2) is 8.07 Å². The Morgan fingerprint density at radius 2 is 1.08 bits per heavy atom. The van der Waals surface area contributed by atoms with Gasteiger partial charge in [-0.25, -0.2) is 0 Å². The number of rotatable bonds is 5. The number of benzene rings is 7. The van der Waals surface area contributed by atoms with E-state index in [0.29, 0.717) is 12.6 Å². The Kier molecular flexibility index (Phi) is 6.23. The molecular formula is C44H31N3OSi. The molecule has 1 aliphatic heterocycles. The zero-order valence-corrected chi connectivity index (χ0v) is 27.7. The van der Waals surface area contributed by atoms with E-state index in [9.17, 15) is 0 Å². The molecule has 0 fully saturated rings. The van der Waals surface area contributed by atoms with Crippen molar-refractivity contribution in [1.82, 2.24) is 14.1 Å². The van der Waals surface area contributed by atoms with E-state index in [1.54, 1.807) is 0 Å². The zero-order chi connectivity index (χ0) is 32.4. The molecule has 0 atom stereocenters. The molecule has 0 spiro atoms. The number of aromatic nitrogens is 3. The lowest BCUT2D eigenvalue weighted by Crippen LogP contribution is -2.74. The lowest BCUT2D eigenvalue weighted by atomic mass is 10.1. The smallest absolute Gasteiger partial charge is 0.302 e. The van der Waals surface area contributed by atoms with E-state index in [2.05, 4.69) is 185 Å². The third-order valence-corrected chi connectivity index (χ3v) is 15.0. The van der Waals surface area contributed by atoms with Crippen LogP contribution < -0.4 is 25.5 Å². The largest absolute Gasteiger partial charge is 0.459 e. The van der Waals surface area contributed by atoms with Gasteiger partial charge in [-0.2, -0.15) is 4.98 Å². The van der Waals surface area contributed by atoms with Crippen LogP contribution in [0.15, 0.2) is 176 Å². The highest BCUT2D eigenvalue weighted by Gasteiger charge is 2.41. The Morgan fingerprint density at radius 1 is 0.469 bits per heavy atom. The maximum absolute atomic E-state index is 6.11. The number of fused-ring (bicyclic) bond motifs is 8. The second-order valence-corrected chi connectivity index (χ2v) is 16.6. The monoisotopic (exact) mass is 645 g/mol. The minimum absolute atomic E-state index is 0.529. The van der Waals surface area contributed by atoms with Crippen LogP contribution in [0.1, 0.15) is 5.56 Å². The van der Waals surface area contributed by atoms with Gasteiger partial charge in [-0.05, 0) is 57.1 Å². The van der Waals surface area contributed by atoms with Gasteiger partial charge < -0.3 is 9.30 Å². The summed E-state index contributed by atoms with van der Waals surface area (Å²) in [6.07, 6.45) is 0. The molecule has 0 aliphatic carbocycles. The molecule has 232 valence electrons. The first-order valence-electron chi connectivity index (χ1n) is 16.7. The number of hydrogen-bond donors (Lipinski definition) is 0. The standard InChI is InChI=1S/C44H31N3OSi/c1-4-15-33(16-5-1)49(34-17-6-2-7-18-34,35-19-8-3-9-20-35)36-25-27-42-38(29-36)37-21-11-13-23-41(37)46(42)32-24-26-39-43(28-32)47-40-22-12-10-14-31(40)30-48-44(47)45-39/h1-29H,30H2. The molecule has 49 heavy (non-hydrogen) atoms. The van der Waals surface area contributed by atoms with Crippen LogP contribution in [0.5, 0.6) is 6.01 Å². The maximum atomic E-state index is 6.11. The molecule has 10 rings (SSSR count). The van der Waals surface area contributed by atoms with Gasteiger partial charge in [-0.1, -0.05) is 140 Å². The quantitative estimate of drug-likeness (QED) is 0.144. The molecule has 0 N–H and O–H groups in total. The van der Waals surface area contributed by atoms with Crippen molar-refractivity contribution in [1.29, 1.82) is 0 Å². The predicted molar refractivity (Wildman–Crippen MR) is 203 cm³/mol. The molecule has 0 unspecified atom stereocenters. The average molecular weight is 646 g/mol. The van der Waals surface area contributed by atoms with Crippen LogP contribution >= 0.6 is 0 Å². The highest BCUT2D eigenvalue weighted by atomic mass is 28.3. The summed E-state index contributed by atoms with van der Waals surface area (Å²) in [5.41, 5.74) is 7.68. The van der Waals surface area contributed by atoms with Gasteiger partial charge in [0.1, 0.15) is 6.61 Å². The van der Waals surface area contributed by atoms with Gasteiger partial charge in [-0.3, -0.25) is 4.57 Å². The summed E-state index contributed by atoms with van der Waals surface area (Å²) in [5.74, 6) is 0. The van der Waals surface area contributed by atoms with Gasteiger partial charge >= 0.3 is 6.01 Å². The number of hydrogen-bond acceptors (Lipinski definition) is 2. The molecule has 0 amide bonds. The van der Waals surface area contributed by atoms with Gasteiger partial charge in [0.25, 0.3) is 0 Å². The molecule has 4 nitrogen and oxygen atoms in total. The third kappa shape index (κ3) is 4.12. The summed E-state index contributed by atoms with van der Waals surface area (Å²) >= 11 is 0.